The fraction of sp³-hybridized carbons (Fsp3) is 0.677. The van der Waals surface area contributed by atoms with Crippen LogP contribution in [0.1, 0.15) is 254 Å². The summed E-state index contributed by atoms with van der Waals surface area (Å²) in [5, 5.41) is 0. The third-order valence-corrected chi connectivity index (χ3v) is 11.1. The Hall–Kier alpha value is -3.00. The minimum Gasteiger partial charge on any atom is -0.261 e. The number of nitrogens with zero attached hydrogens (tertiary/aromatic N) is 1. The number of benzene rings is 1. The molecule has 0 aliphatic heterocycles. The summed E-state index contributed by atoms with van der Waals surface area (Å²) in [7, 11) is 0. The molecule has 0 heterocycles. The van der Waals surface area contributed by atoms with E-state index in [0.717, 1.165) is 70.8 Å². The topological polar surface area (TPSA) is 12.4 Å². The van der Waals surface area contributed by atoms with Crippen LogP contribution >= 0.6 is 0 Å². The van der Waals surface area contributed by atoms with Gasteiger partial charge in [0.05, 0.1) is 5.70 Å². The monoisotopic (exact) mass is 934 g/mol. The molecule has 392 valence electrons. The number of allylic oxidation sites excluding steroid dienone is 8. The highest BCUT2D eigenvalue weighted by Gasteiger charge is 2.39. The molecule has 0 amide bonds. The van der Waals surface area contributed by atoms with Crippen LogP contribution in [0.5, 0.6) is 0 Å². The van der Waals surface area contributed by atoms with E-state index < -0.39 is 5.83 Å². The third kappa shape index (κ3) is 44.0. The lowest BCUT2D eigenvalue weighted by molar-refractivity contribution is 0.233. The summed E-state index contributed by atoms with van der Waals surface area (Å²) in [6.45, 7) is 74.5. The minimum atomic E-state index is -0.481. The van der Waals surface area contributed by atoms with Gasteiger partial charge in [-0.3, -0.25) is 4.99 Å². The quantitative estimate of drug-likeness (QED) is 0.106. The van der Waals surface area contributed by atoms with E-state index in [9.17, 15) is 4.39 Å². The second kappa shape index (κ2) is 43.1. The van der Waals surface area contributed by atoms with Crippen LogP contribution in [-0.4, -0.2) is 6.21 Å². The van der Waals surface area contributed by atoms with Gasteiger partial charge in [0, 0.05) is 11.6 Å². The van der Waals surface area contributed by atoms with Gasteiger partial charge in [-0.2, -0.15) is 0 Å². The molecule has 2 heteroatoms. The first-order chi connectivity index (χ1) is 30.8. The first-order valence-corrected chi connectivity index (χ1v) is 26.7. The van der Waals surface area contributed by atoms with Gasteiger partial charge in [0.25, 0.3) is 0 Å². The molecule has 0 bridgehead atoms. The predicted molar refractivity (Wildman–Crippen MR) is 316 cm³/mol. The molecule has 0 saturated heterocycles. The van der Waals surface area contributed by atoms with Gasteiger partial charge in [-0.05, 0) is 167 Å². The van der Waals surface area contributed by atoms with Crippen LogP contribution in [0.15, 0.2) is 103 Å². The molecule has 1 nitrogen and oxygen atoms in total. The van der Waals surface area contributed by atoms with Gasteiger partial charge in [-0.15, -0.1) is 6.58 Å². The number of aliphatic imine (C=N–C) groups is 1. The smallest absolute Gasteiger partial charge is 0.115 e. The van der Waals surface area contributed by atoms with Crippen LogP contribution in [-0.2, 0) is 5.41 Å². The zero-order valence-electron chi connectivity index (χ0n) is 50.4. The van der Waals surface area contributed by atoms with E-state index in [2.05, 4.69) is 221 Å². The molecule has 67 heavy (non-hydrogen) atoms. The number of hydrogen-bond acceptors (Lipinski definition) is 1. The molecule has 1 aromatic rings. The van der Waals surface area contributed by atoms with Gasteiger partial charge in [-0.1, -0.05) is 219 Å². The van der Waals surface area contributed by atoms with E-state index in [0.29, 0.717) is 5.41 Å². The van der Waals surface area contributed by atoms with Crippen molar-refractivity contribution in [3.8, 4) is 0 Å². The van der Waals surface area contributed by atoms with Crippen molar-refractivity contribution >= 4 is 11.8 Å². The van der Waals surface area contributed by atoms with Crippen LogP contribution in [0.3, 0.4) is 0 Å². The maximum absolute atomic E-state index is 11.1. The standard InChI is InChI=1S/C26H37N.C9H18.2C6H12.C4H5F.3C4H10.C2H6/c1-11-26(12-2,19(6)7)24-15-14-23(16-21(24)9)20(8)17-25(27-13-3)22(10)18(4)5;1-3-5-6-9(4-2)7-8-9;1-5-3-6(2)4-5;1-5-6(2,3)4;1-3-4(2)5;3*1-4(2)3;1-2/h13-17H,6,8,11-12H2,1-5,7,9-10H3;3-8H2,1-2H3;5-6H,3-4H2,1-2H3;5H,1H2,2-4H3;3H,1-2H2;3*4H,1-3H3;1-2H3/b25-17+,27-13?;;;;;;;;. The molecule has 0 radical (unpaired) electrons. The van der Waals surface area contributed by atoms with Gasteiger partial charge in [0.15, 0.2) is 0 Å². The summed E-state index contributed by atoms with van der Waals surface area (Å²) in [6, 6.07) is 6.71. The van der Waals surface area contributed by atoms with E-state index in [1.54, 1.807) is 0 Å². The van der Waals surface area contributed by atoms with Crippen LogP contribution in [0, 0.1) is 47.3 Å². The molecule has 3 rings (SSSR count). The summed E-state index contributed by atoms with van der Waals surface area (Å²) in [6.07, 6.45) is 20.8. The van der Waals surface area contributed by atoms with E-state index in [1.807, 2.05) is 33.1 Å². The fourth-order valence-electron chi connectivity index (χ4n) is 6.56. The van der Waals surface area contributed by atoms with Gasteiger partial charge < -0.3 is 0 Å². The Morgan fingerprint density at radius 2 is 1.18 bits per heavy atom. The van der Waals surface area contributed by atoms with Crippen LogP contribution < -0.4 is 0 Å². The van der Waals surface area contributed by atoms with E-state index in [-0.39, 0.29) is 5.41 Å². The molecule has 2 aliphatic rings. The van der Waals surface area contributed by atoms with Crippen molar-refractivity contribution in [2.45, 2.75) is 250 Å². The number of aryl methyl sites for hydroxylation is 1. The zero-order chi connectivity index (χ0) is 54.3. The largest absolute Gasteiger partial charge is 0.261 e. The highest BCUT2D eigenvalue weighted by Crippen LogP contribution is 2.52. The van der Waals surface area contributed by atoms with Gasteiger partial charge in [-0.25, -0.2) is 4.39 Å². The average Bonchev–Trinajstić information content (AvgIpc) is 4.01. The lowest BCUT2D eigenvalue weighted by Gasteiger charge is -2.35. The maximum Gasteiger partial charge on any atom is 0.115 e. The Balaban J connectivity index is -0.000000188. The maximum atomic E-state index is 11.1. The highest BCUT2D eigenvalue weighted by atomic mass is 19.1. The van der Waals surface area contributed by atoms with E-state index >= 15 is 0 Å². The number of rotatable bonds is 13. The zero-order valence-corrected chi connectivity index (χ0v) is 50.4. The summed E-state index contributed by atoms with van der Waals surface area (Å²) in [5.41, 5.74) is 10.7. The predicted octanol–water partition coefficient (Wildman–Crippen LogP) is 23.3. The van der Waals surface area contributed by atoms with Crippen LogP contribution in [0.4, 0.5) is 4.39 Å². The van der Waals surface area contributed by atoms with Crippen molar-refractivity contribution < 1.29 is 4.39 Å². The molecule has 2 saturated carbocycles. The molecule has 0 unspecified atom stereocenters. The summed E-state index contributed by atoms with van der Waals surface area (Å²) in [5.74, 6) is 4.10. The number of unbranched alkanes of at least 4 members (excludes halogenated alkanes) is 1. The molecule has 2 fully saturated rings. The first kappa shape index (κ1) is 75.5. The van der Waals surface area contributed by atoms with Crippen molar-refractivity contribution in [1.82, 2.24) is 0 Å². The SMILES string of the molecule is C=C(/C=C(/N=CC)C(C)=C(C)C)c1ccc(C(CC)(CC)C(=C)C)c(C)c1.C=CC(=C)F.C=CC(C)(C)C.CC.CC(C)C.CC(C)C.CC(C)C.CC1CC(C)C1.CCCCC1(CC)CC1. The van der Waals surface area contributed by atoms with Gasteiger partial charge >= 0.3 is 0 Å². The average molecular weight is 935 g/mol. The molecule has 0 aromatic heterocycles. The highest BCUT2D eigenvalue weighted by molar-refractivity contribution is 5.75. The normalized spacial score (nSPS) is 15.2. The van der Waals surface area contributed by atoms with Crippen molar-refractivity contribution in [3.05, 3.63) is 114 Å². The molecular formula is C65H120FN. The molecule has 2 aliphatic carbocycles. The summed E-state index contributed by atoms with van der Waals surface area (Å²) >= 11 is 0. The Morgan fingerprint density at radius 3 is 1.39 bits per heavy atom. The Kier molecular flexibility index (Phi) is 48.5. The fourth-order valence-corrected chi connectivity index (χ4v) is 6.56. The number of halogens is 1. The van der Waals surface area contributed by atoms with E-state index in [4.69, 9.17) is 0 Å². The van der Waals surface area contributed by atoms with Crippen molar-refractivity contribution in [1.29, 1.82) is 0 Å². The van der Waals surface area contributed by atoms with E-state index in [1.165, 1.54) is 79.2 Å². The lowest BCUT2D eigenvalue weighted by atomic mass is 9.69. The Morgan fingerprint density at radius 1 is 0.791 bits per heavy atom. The van der Waals surface area contributed by atoms with Crippen LogP contribution in [0.2, 0.25) is 0 Å². The molecule has 1 aromatic carbocycles. The lowest BCUT2D eigenvalue weighted by Crippen LogP contribution is -2.26. The molecule has 0 N–H and O–H groups in total. The van der Waals surface area contributed by atoms with Gasteiger partial charge in [0.1, 0.15) is 5.83 Å². The summed E-state index contributed by atoms with van der Waals surface area (Å²) < 4.78 is 11.1. The Labute approximate surface area is 423 Å². The first-order valence-electron chi connectivity index (χ1n) is 26.7. The third-order valence-electron chi connectivity index (χ3n) is 11.1. The molecular weight excluding hydrogens is 814 g/mol. The second-order valence-corrected chi connectivity index (χ2v) is 22.2. The van der Waals surface area contributed by atoms with Crippen molar-refractivity contribution in [2.75, 3.05) is 0 Å². The minimum absolute atomic E-state index is 0.0517. The van der Waals surface area contributed by atoms with Gasteiger partial charge in [0.2, 0.25) is 0 Å². The summed E-state index contributed by atoms with van der Waals surface area (Å²) in [4.78, 5) is 4.55. The molecule has 0 atom stereocenters. The second-order valence-electron chi connectivity index (χ2n) is 22.2. The van der Waals surface area contributed by atoms with Crippen molar-refractivity contribution in [2.24, 2.45) is 45.4 Å². The molecule has 0 spiro atoms. The Bertz CT molecular complexity index is 1480. The van der Waals surface area contributed by atoms with Crippen molar-refractivity contribution in [3.63, 3.8) is 0 Å². The van der Waals surface area contributed by atoms with Crippen LogP contribution in [0.25, 0.3) is 5.57 Å². The number of hydrogen-bond donors (Lipinski definition) is 0.